The lowest BCUT2D eigenvalue weighted by Crippen LogP contribution is -2.21. The summed E-state index contributed by atoms with van der Waals surface area (Å²) in [5.74, 6) is 0.984. The van der Waals surface area contributed by atoms with Crippen LogP contribution in [0.1, 0.15) is 17.2 Å². The lowest BCUT2D eigenvalue weighted by Gasteiger charge is -2.11. The molecule has 2 N–H and O–H groups in total. The van der Waals surface area contributed by atoms with Crippen molar-refractivity contribution < 1.29 is 9.84 Å². The van der Waals surface area contributed by atoms with E-state index in [1.54, 1.807) is 12.1 Å². The second kappa shape index (κ2) is 5.11. The van der Waals surface area contributed by atoms with Crippen LogP contribution in [0.15, 0.2) is 42.5 Å². The first-order chi connectivity index (χ1) is 9.22. The van der Waals surface area contributed by atoms with Gasteiger partial charge in [0.05, 0.1) is 6.04 Å². The lowest BCUT2D eigenvalue weighted by atomic mass is 10.1. The molecule has 2 aromatic rings. The summed E-state index contributed by atoms with van der Waals surface area (Å²) in [6.45, 7) is 1.31. The molecule has 1 heterocycles. The Morgan fingerprint density at radius 1 is 1.26 bits per heavy atom. The quantitative estimate of drug-likeness (QED) is 0.903. The molecule has 0 amide bonds. The number of nitrogens with one attached hydrogen (secondary N) is 1. The number of phenols is 1. The van der Waals surface area contributed by atoms with Gasteiger partial charge in [0.1, 0.15) is 18.1 Å². The lowest BCUT2D eigenvalue weighted by molar-refractivity contribution is 0.309. The topological polar surface area (TPSA) is 41.5 Å². The number of halogens is 1. The molecule has 1 atom stereocenters. The SMILES string of the molecule is Oc1ccc2c(c1)OCC2NCc1cccc(Cl)c1. The van der Waals surface area contributed by atoms with Gasteiger partial charge in [-0.1, -0.05) is 23.7 Å². The van der Waals surface area contributed by atoms with Gasteiger partial charge in [-0.3, -0.25) is 0 Å². The Labute approximate surface area is 116 Å². The van der Waals surface area contributed by atoms with E-state index in [9.17, 15) is 5.11 Å². The Morgan fingerprint density at radius 2 is 2.16 bits per heavy atom. The maximum Gasteiger partial charge on any atom is 0.127 e. The average molecular weight is 276 g/mol. The molecule has 0 saturated heterocycles. The van der Waals surface area contributed by atoms with Crippen molar-refractivity contribution in [3.63, 3.8) is 0 Å². The van der Waals surface area contributed by atoms with E-state index in [0.717, 1.165) is 28.4 Å². The van der Waals surface area contributed by atoms with Crippen molar-refractivity contribution in [3.05, 3.63) is 58.6 Å². The van der Waals surface area contributed by atoms with Crippen molar-refractivity contribution in [1.29, 1.82) is 0 Å². The van der Waals surface area contributed by atoms with Crippen molar-refractivity contribution in [1.82, 2.24) is 5.32 Å². The third-order valence-electron chi connectivity index (χ3n) is 3.22. The fraction of sp³-hybridized carbons (Fsp3) is 0.200. The van der Waals surface area contributed by atoms with Crippen LogP contribution in [0.25, 0.3) is 0 Å². The number of hydrogen-bond acceptors (Lipinski definition) is 3. The minimum atomic E-state index is 0.148. The molecular formula is C15H14ClNO2. The molecule has 1 aliphatic heterocycles. The minimum Gasteiger partial charge on any atom is -0.508 e. The van der Waals surface area contributed by atoms with Crippen LogP contribution in [0, 0.1) is 0 Å². The molecule has 3 nitrogen and oxygen atoms in total. The van der Waals surface area contributed by atoms with Crippen molar-refractivity contribution >= 4 is 11.6 Å². The van der Waals surface area contributed by atoms with Crippen LogP contribution in [0.3, 0.4) is 0 Å². The summed E-state index contributed by atoms with van der Waals surface area (Å²) < 4.78 is 5.56. The van der Waals surface area contributed by atoms with Gasteiger partial charge in [0.2, 0.25) is 0 Å². The number of benzene rings is 2. The van der Waals surface area contributed by atoms with E-state index in [0.29, 0.717) is 6.61 Å². The first kappa shape index (κ1) is 12.3. The van der Waals surface area contributed by atoms with Crippen LogP contribution in [0.2, 0.25) is 5.02 Å². The summed E-state index contributed by atoms with van der Waals surface area (Å²) in [7, 11) is 0. The first-order valence-corrected chi connectivity index (χ1v) is 6.54. The van der Waals surface area contributed by atoms with E-state index in [1.165, 1.54) is 0 Å². The van der Waals surface area contributed by atoms with Crippen LogP contribution in [0.5, 0.6) is 11.5 Å². The highest BCUT2D eigenvalue weighted by atomic mass is 35.5. The number of rotatable bonds is 3. The van der Waals surface area contributed by atoms with Gasteiger partial charge in [0.25, 0.3) is 0 Å². The van der Waals surface area contributed by atoms with E-state index < -0.39 is 0 Å². The number of hydrogen-bond donors (Lipinski definition) is 2. The zero-order valence-electron chi connectivity index (χ0n) is 10.3. The third-order valence-corrected chi connectivity index (χ3v) is 3.45. The zero-order valence-corrected chi connectivity index (χ0v) is 11.0. The molecule has 1 unspecified atom stereocenters. The van der Waals surface area contributed by atoms with Gasteiger partial charge in [-0.25, -0.2) is 0 Å². The maximum atomic E-state index is 9.41. The van der Waals surface area contributed by atoms with Gasteiger partial charge in [0, 0.05) is 23.2 Å². The molecule has 3 rings (SSSR count). The Hall–Kier alpha value is -1.71. The molecule has 0 spiro atoms. The van der Waals surface area contributed by atoms with E-state index in [-0.39, 0.29) is 11.8 Å². The van der Waals surface area contributed by atoms with Crippen LogP contribution in [0.4, 0.5) is 0 Å². The smallest absolute Gasteiger partial charge is 0.127 e. The highest BCUT2D eigenvalue weighted by Gasteiger charge is 2.23. The van der Waals surface area contributed by atoms with E-state index in [4.69, 9.17) is 16.3 Å². The summed E-state index contributed by atoms with van der Waals surface area (Å²) in [6, 6.07) is 13.2. The normalized spacial score (nSPS) is 17.0. The summed E-state index contributed by atoms with van der Waals surface area (Å²) in [5.41, 5.74) is 2.22. The average Bonchev–Trinajstić information content (AvgIpc) is 2.78. The second-order valence-corrected chi connectivity index (χ2v) is 5.03. The predicted octanol–water partition coefficient (Wildman–Crippen LogP) is 3.27. The van der Waals surface area contributed by atoms with Crippen LogP contribution < -0.4 is 10.1 Å². The highest BCUT2D eigenvalue weighted by Crippen LogP contribution is 2.34. The number of ether oxygens (including phenoxy) is 1. The summed E-state index contributed by atoms with van der Waals surface area (Å²) >= 11 is 5.96. The largest absolute Gasteiger partial charge is 0.508 e. The monoisotopic (exact) mass is 275 g/mol. The van der Waals surface area contributed by atoms with E-state index in [1.807, 2.05) is 30.3 Å². The third kappa shape index (κ3) is 2.67. The van der Waals surface area contributed by atoms with Gasteiger partial charge in [0.15, 0.2) is 0 Å². The second-order valence-electron chi connectivity index (χ2n) is 4.60. The molecular weight excluding hydrogens is 262 g/mol. The predicted molar refractivity (Wildman–Crippen MR) is 74.6 cm³/mol. The Balaban J connectivity index is 1.70. The van der Waals surface area contributed by atoms with E-state index in [2.05, 4.69) is 5.32 Å². The molecule has 2 aromatic carbocycles. The van der Waals surface area contributed by atoms with Crippen molar-refractivity contribution in [3.8, 4) is 11.5 Å². The van der Waals surface area contributed by atoms with Crippen molar-refractivity contribution in [2.45, 2.75) is 12.6 Å². The maximum absolute atomic E-state index is 9.41. The minimum absolute atomic E-state index is 0.148. The molecule has 98 valence electrons. The molecule has 4 heteroatoms. The molecule has 0 fully saturated rings. The van der Waals surface area contributed by atoms with Crippen LogP contribution in [-0.2, 0) is 6.54 Å². The van der Waals surface area contributed by atoms with Gasteiger partial charge in [-0.05, 0) is 29.8 Å². The van der Waals surface area contributed by atoms with Gasteiger partial charge in [-0.2, -0.15) is 0 Å². The Morgan fingerprint density at radius 3 is 3.00 bits per heavy atom. The molecule has 19 heavy (non-hydrogen) atoms. The fourth-order valence-electron chi connectivity index (χ4n) is 2.26. The molecule has 0 bridgehead atoms. The molecule has 0 saturated carbocycles. The summed E-state index contributed by atoms with van der Waals surface area (Å²) in [5, 5.41) is 13.6. The fourth-order valence-corrected chi connectivity index (χ4v) is 2.47. The van der Waals surface area contributed by atoms with E-state index >= 15 is 0 Å². The number of phenolic OH excluding ortho intramolecular Hbond substituents is 1. The highest BCUT2D eigenvalue weighted by molar-refractivity contribution is 6.30. The summed E-state index contributed by atoms with van der Waals surface area (Å²) in [6.07, 6.45) is 0. The Bertz CT molecular complexity index is 600. The molecule has 0 radical (unpaired) electrons. The standard InChI is InChI=1S/C15H14ClNO2/c16-11-3-1-2-10(6-11)8-17-14-9-19-15-7-12(18)4-5-13(14)15/h1-7,14,17-18H,8-9H2. The number of fused-ring (bicyclic) bond motifs is 1. The summed E-state index contributed by atoms with van der Waals surface area (Å²) in [4.78, 5) is 0. The van der Waals surface area contributed by atoms with Crippen molar-refractivity contribution in [2.24, 2.45) is 0 Å². The molecule has 0 aromatic heterocycles. The van der Waals surface area contributed by atoms with Crippen LogP contribution in [-0.4, -0.2) is 11.7 Å². The Kier molecular flexibility index (Phi) is 3.32. The molecule has 0 aliphatic carbocycles. The number of aromatic hydroxyl groups is 1. The molecule has 1 aliphatic rings. The zero-order chi connectivity index (χ0) is 13.2. The van der Waals surface area contributed by atoms with Crippen molar-refractivity contribution in [2.75, 3.05) is 6.61 Å². The van der Waals surface area contributed by atoms with Gasteiger partial charge in [-0.15, -0.1) is 0 Å². The van der Waals surface area contributed by atoms with Gasteiger partial charge < -0.3 is 15.2 Å². The van der Waals surface area contributed by atoms with Gasteiger partial charge >= 0.3 is 0 Å². The van der Waals surface area contributed by atoms with Crippen LogP contribution >= 0.6 is 11.6 Å². The first-order valence-electron chi connectivity index (χ1n) is 6.16.